The highest BCUT2D eigenvalue weighted by molar-refractivity contribution is 7.92. The third kappa shape index (κ3) is 3.50. The van der Waals surface area contributed by atoms with Gasteiger partial charge in [-0.05, 0) is 12.1 Å². The number of hydrogen-bond acceptors (Lipinski definition) is 5. The summed E-state index contributed by atoms with van der Waals surface area (Å²) in [5.74, 6) is -0.908. The van der Waals surface area contributed by atoms with Crippen molar-refractivity contribution in [2.24, 2.45) is 0 Å². The minimum absolute atomic E-state index is 0.158. The number of nitrogen functional groups attached to an aromatic ring is 1. The first-order valence-corrected chi connectivity index (χ1v) is 7.50. The molecule has 2 rings (SSSR count). The minimum atomic E-state index is -4.12. The molecule has 0 saturated carbocycles. The number of sulfonamides is 1. The summed E-state index contributed by atoms with van der Waals surface area (Å²) in [6.45, 7) is 0.911. The first-order valence-electron chi connectivity index (χ1n) is 6.02. The van der Waals surface area contributed by atoms with Gasteiger partial charge in [0.1, 0.15) is 10.7 Å². The Hall–Kier alpha value is -2.13. The fourth-order valence-corrected chi connectivity index (χ4v) is 2.96. The maximum Gasteiger partial charge on any atom is 0.266 e. The Morgan fingerprint density at radius 3 is 2.90 bits per heavy atom. The molecule has 3 N–H and O–H groups in total. The highest BCUT2D eigenvalue weighted by Gasteiger charge is 2.22. The van der Waals surface area contributed by atoms with Crippen LogP contribution in [0.4, 0.5) is 15.8 Å². The molecule has 1 aromatic heterocycles. The van der Waals surface area contributed by atoms with Crippen LogP contribution in [0.3, 0.4) is 0 Å². The van der Waals surface area contributed by atoms with Crippen LogP contribution in [0.15, 0.2) is 35.5 Å². The van der Waals surface area contributed by atoms with Gasteiger partial charge in [0.15, 0.2) is 0 Å². The average Bonchev–Trinajstić information content (AvgIpc) is 2.82. The molecule has 7 nitrogen and oxygen atoms in total. The molecule has 0 bridgehead atoms. The summed E-state index contributed by atoms with van der Waals surface area (Å²) in [6.07, 6.45) is 2.80. The van der Waals surface area contributed by atoms with Gasteiger partial charge in [-0.1, -0.05) is 6.07 Å². The van der Waals surface area contributed by atoms with E-state index in [0.717, 1.165) is 6.07 Å². The van der Waals surface area contributed by atoms with Gasteiger partial charge in [-0.15, -0.1) is 0 Å². The largest absolute Gasteiger partial charge is 0.398 e. The zero-order valence-corrected chi connectivity index (χ0v) is 12.1. The zero-order chi connectivity index (χ0) is 15.5. The van der Waals surface area contributed by atoms with Crippen molar-refractivity contribution in [2.45, 2.75) is 11.4 Å². The van der Waals surface area contributed by atoms with Crippen molar-refractivity contribution >= 4 is 21.4 Å². The summed E-state index contributed by atoms with van der Waals surface area (Å²) >= 11 is 0. The summed E-state index contributed by atoms with van der Waals surface area (Å²) in [5, 5.41) is 3.96. The van der Waals surface area contributed by atoms with Crippen LogP contribution in [0.1, 0.15) is 0 Å². The van der Waals surface area contributed by atoms with Gasteiger partial charge >= 0.3 is 0 Å². The van der Waals surface area contributed by atoms with Crippen molar-refractivity contribution in [3.63, 3.8) is 0 Å². The van der Waals surface area contributed by atoms with Crippen LogP contribution in [0.5, 0.6) is 0 Å². The standard InChI is InChI=1S/C12H15FN4O3S/c1-20-6-5-17-8-9(7-15-17)16-21(18,19)12-10(13)3-2-4-11(12)14/h2-4,7-8,16H,5-6,14H2,1H3. The molecule has 0 spiro atoms. The molecule has 21 heavy (non-hydrogen) atoms. The van der Waals surface area contributed by atoms with E-state index in [9.17, 15) is 12.8 Å². The van der Waals surface area contributed by atoms with E-state index in [1.165, 1.54) is 29.2 Å². The number of halogens is 1. The number of nitrogens with two attached hydrogens (primary N) is 1. The van der Waals surface area contributed by atoms with Gasteiger partial charge in [0.25, 0.3) is 10.0 Å². The van der Waals surface area contributed by atoms with Crippen molar-refractivity contribution in [3.8, 4) is 0 Å². The van der Waals surface area contributed by atoms with Crippen LogP contribution < -0.4 is 10.5 Å². The van der Waals surface area contributed by atoms with Crippen molar-refractivity contribution in [3.05, 3.63) is 36.4 Å². The fraction of sp³-hybridized carbons (Fsp3) is 0.250. The minimum Gasteiger partial charge on any atom is -0.398 e. The van der Waals surface area contributed by atoms with Gasteiger partial charge < -0.3 is 10.5 Å². The predicted octanol–water partition coefficient (Wildman–Crippen LogP) is 1.05. The van der Waals surface area contributed by atoms with Crippen molar-refractivity contribution in [1.82, 2.24) is 9.78 Å². The number of methoxy groups -OCH3 is 1. The lowest BCUT2D eigenvalue weighted by Crippen LogP contribution is -2.16. The Kier molecular flexibility index (Phi) is 4.43. The molecule has 114 valence electrons. The average molecular weight is 314 g/mol. The van der Waals surface area contributed by atoms with Crippen LogP contribution >= 0.6 is 0 Å². The number of nitrogens with zero attached hydrogens (tertiary/aromatic N) is 2. The van der Waals surface area contributed by atoms with Gasteiger partial charge in [-0.3, -0.25) is 9.40 Å². The molecule has 0 aliphatic rings. The zero-order valence-electron chi connectivity index (χ0n) is 11.3. The third-order valence-corrected chi connectivity index (χ3v) is 4.15. The van der Waals surface area contributed by atoms with Gasteiger partial charge in [-0.25, -0.2) is 12.8 Å². The van der Waals surface area contributed by atoms with E-state index in [4.69, 9.17) is 10.5 Å². The number of aromatic nitrogens is 2. The van der Waals surface area contributed by atoms with Crippen LogP contribution in [-0.2, 0) is 21.3 Å². The normalized spacial score (nSPS) is 11.5. The second-order valence-electron chi connectivity index (χ2n) is 4.25. The summed E-state index contributed by atoms with van der Waals surface area (Å²) in [6, 6.07) is 3.69. The molecule has 0 atom stereocenters. The molecule has 0 radical (unpaired) electrons. The second-order valence-corrected chi connectivity index (χ2v) is 5.87. The smallest absolute Gasteiger partial charge is 0.266 e. The van der Waals surface area contributed by atoms with E-state index in [2.05, 4.69) is 9.82 Å². The lowest BCUT2D eigenvalue weighted by Gasteiger charge is -2.09. The Labute approximate surface area is 121 Å². The SMILES string of the molecule is COCCn1cc(NS(=O)(=O)c2c(N)cccc2F)cn1. The Morgan fingerprint density at radius 1 is 1.48 bits per heavy atom. The number of benzene rings is 1. The number of rotatable bonds is 6. The van der Waals surface area contributed by atoms with Crippen LogP contribution in [-0.4, -0.2) is 31.9 Å². The van der Waals surface area contributed by atoms with E-state index in [1.54, 1.807) is 7.11 Å². The quantitative estimate of drug-likeness (QED) is 0.777. The third-order valence-electron chi connectivity index (χ3n) is 2.68. The van der Waals surface area contributed by atoms with E-state index in [1.807, 2.05) is 0 Å². The fourth-order valence-electron chi connectivity index (χ4n) is 1.74. The molecular weight excluding hydrogens is 299 g/mol. The summed E-state index contributed by atoms with van der Waals surface area (Å²) in [5.41, 5.74) is 5.59. The molecule has 0 aliphatic carbocycles. The number of nitrogens with one attached hydrogen (secondary N) is 1. The molecule has 0 amide bonds. The van der Waals surface area contributed by atoms with E-state index in [0.29, 0.717) is 13.2 Å². The maximum absolute atomic E-state index is 13.7. The molecule has 1 aromatic carbocycles. The van der Waals surface area contributed by atoms with E-state index < -0.39 is 20.7 Å². The highest BCUT2D eigenvalue weighted by Crippen LogP contribution is 2.24. The first-order chi connectivity index (χ1) is 9.94. The lowest BCUT2D eigenvalue weighted by atomic mass is 10.3. The molecule has 0 fully saturated rings. The van der Waals surface area contributed by atoms with Crippen LogP contribution in [0.2, 0.25) is 0 Å². The van der Waals surface area contributed by atoms with Crippen molar-refractivity contribution in [2.75, 3.05) is 24.2 Å². The van der Waals surface area contributed by atoms with Crippen molar-refractivity contribution in [1.29, 1.82) is 0 Å². The van der Waals surface area contributed by atoms with Crippen molar-refractivity contribution < 1.29 is 17.5 Å². The summed E-state index contributed by atoms with van der Waals surface area (Å²) < 4.78 is 46.7. The molecule has 9 heteroatoms. The van der Waals surface area contributed by atoms with Gasteiger partial charge in [-0.2, -0.15) is 5.10 Å². The molecule has 0 aliphatic heterocycles. The molecule has 0 unspecified atom stereocenters. The number of ether oxygens (including phenoxy) is 1. The molecule has 2 aromatic rings. The highest BCUT2D eigenvalue weighted by atomic mass is 32.2. The summed E-state index contributed by atoms with van der Waals surface area (Å²) in [7, 11) is -2.57. The van der Waals surface area contributed by atoms with E-state index >= 15 is 0 Å². The Balaban J connectivity index is 2.23. The lowest BCUT2D eigenvalue weighted by molar-refractivity contribution is 0.183. The first kappa shape index (κ1) is 15.3. The van der Waals surface area contributed by atoms with Gasteiger partial charge in [0.2, 0.25) is 0 Å². The molecular formula is C12H15FN4O3S. The van der Waals surface area contributed by atoms with Gasteiger partial charge in [0, 0.05) is 13.3 Å². The second kappa shape index (κ2) is 6.10. The van der Waals surface area contributed by atoms with Crippen LogP contribution in [0.25, 0.3) is 0 Å². The Morgan fingerprint density at radius 2 is 2.24 bits per heavy atom. The van der Waals surface area contributed by atoms with Crippen LogP contribution in [0, 0.1) is 5.82 Å². The number of anilines is 2. The molecule has 1 heterocycles. The topological polar surface area (TPSA) is 99.2 Å². The molecule has 0 saturated heterocycles. The maximum atomic E-state index is 13.7. The van der Waals surface area contributed by atoms with E-state index in [-0.39, 0.29) is 11.4 Å². The van der Waals surface area contributed by atoms with Gasteiger partial charge in [0.05, 0.1) is 30.7 Å². The predicted molar refractivity (Wildman–Crippen MR) is 75.7 cm³/mol. The number of hydrogen-bond donors (Lipinski definition) is 2. The Bertz CT molecular complexity index is 710. The monoisotopic (exact) mass is 314 g/mol. The summed E-state index contributed by atoms with van der Waals surface area (Å²) in [4.78, 5) is -0.574.